The maximum Gasteiger partial charge on any atom is 0.209 e. The number of nitrogens with zero attached hydrogens (tertiary/aromatic N) is 5. The molecule has 0 aliphatic carbocycles. The molecule has 1 amide bonds. The van der Waals surface area contributed by atoms with Crippen molar-refractivity contribution >= 4 is 12.7 Å². The molecule has 0 aromatic heterocycles. The van der Waals surface area contributed by atoms with Gasteiger partial charge in [-0.2, -0.15) is 0 Å². The van der Waals surface area contributed by atoms with Crippen LogP contribution in [-0.4, -0.2) is 168 Å². The number of carbonyl (C=O) groups excluding carboxylic acids is 2. The Morgan fingerprint density at radius 2 is 0.857 bits per heavy atom. The van der Waals surface area contributed by atoms with Crippen LogP contribution in [0.25, 0.3) is 0 Å². The second-order valence-corrected chi connectivity index (χ2v) is 9.16. The highest BCUT2D eigenvalue weighted by Crippen LogP contribution is 2.00. The van der Waals surface area contributed by atoms with Gasteiger partial charge < -0.3 is 40.3 Å². The fourth-order valence-corrected chi connectivity index (χ4v) is 4.21. The first-order chi connectivity index (χ1) is 17.2. The summed E-state index contributed by atoms with van der Waals surface area (Å²) in [6, 6.07) is 0. The molecule has 2 rings (SSSR count). The second-order valence-electron chi connectivity index (χ2n) is 9.16. The van der Waals surface area contributed by atoms with Crippen LogP contribution in [0, 0.1) is 0 Å². The second kappa shape index (κ2) is 22.1. The largest absolute Gasteiger partial charge is 0.343 e. The lowest BCUT2D eigenvalue weighted by atomic mass is 10.3. The van der Waals surface area contributed by atoms with Crippen LogP contribution < -0.4 is 16.0 Å². The molecule has 0 spiro atoms. The molecule has 2 fully saturated rings. The Balaban J connectivity index is 0.000000379. The summed E-state index contributed by atoms with van der Waals surface area (Å²) in [6.45, 7) is 26.5. The highest BCUT2D eigenvalue weighted by molar-refractivity contribution is 5.51. The summed E-state index contributed by atoms with van der Waals surface area (Å²) in [6.07, 6.45) is 1.96. The van der Waals surface area contributed by atoms with Crippen LogP contribution in [0.1, 0.15) is 20.8 Å². The Kier molecular flexibility index (Phi) is 20.1. The van der Waals surface area contributed by atoms with Gasteiger partial charge in [-0.25, -0.2) is 0 Å². The van der Waals surface area contributed by atoms with E-state index in [1.807, 2.05) is 0 Å². The van der Waals surface area contributed by atoms with E-state index in [1.54, 1.807) is 4.90 Å². The van der Waals surface area contributed by atoms with Crippen LogP contribution in [0.4, 0.5) is 0 Å². The molecule has 2 aliphatic heterocycles. The topological polar surface area (TPSA) is 86.4 Å². The summed E-state index contributed by atoms with van der Waals surface area (Å²) in [7, 11) is 0. The fourth-order valence-electron chi connectivity index (χ4n) is 4.21. The minimum atomic E-state index is 0.566. The zero-order valence-electron chi connectivity index (χ0n) is 22.8. The van der Waals surface area contributed by atoms with Crippen molar-refractivity contribution in [3.8, 4) is 0 Å². The molecule has 10 nitrogen and oxygen atoms in total. The van der Waals surface area contributed by atoms with E-state index in [0.29, 0.717) is 6.54 Å². The summed E-state index contributed by atoms with van der Waals surface area (Å²) in [4.78, 5) is 33.1. The van der Waals surface area contributed by atoms with Crippen molar-refractivity contribution in [3.63, 3.8) is 0 Å². The Bertz CT molecular complexity index is 482. The first-order valence-corrected chi connectivity index (χ1v) is 13.8. The summed E-state index contributed by atoms with van der Waals surface area (Å²) < 4.78 is 0. The average Bonchev–Trinajstić information content (AvgIpc) is 2.87. The van der Waals surface area contributed by atoms with Gasteiger partial charge in [0.15, 0.2) is 0 Å². The molecular formula is C25H54N8O2. The standard InChI is InChI=1S/C16H34N4O.C9H20N4O/c1-4-17-7-9-18(5-2)11-13-20(15-16-21)14-12-19(6-3)10-8-17;14-9-13-7-5-11-3-1-10-2-4-12-6-8-13/h16H,4-15H2,1-3H3;9-12H,1-8H2. The first-order valence-electron chi connectivity index (χ1n) is 13.8. The lowest BCUT2D eigenvalue weighted by Gasteiger charge is -2.32. The van der Waals surface area contributed by atoms with Crippen LogP contribution >= 0.6 is 0 Å². The predicted molar refractivity (Wildman–Crippen MR) is 145 cm³/mol. The molecule has 0 saturated carbocycles. The van der Waals surface area contributed by atoms with Crippen LogP contribution in [0.5, 0.6) is 0 Å². The lowest BCUT2D eigenvalue weighted by Crippen LogP contribution is -2.46. The van der Waals surface area contributed by atoms with E-state index in [0.717, 1.165) is 137 Å². The van der Waals surface area contributed by atoms with Crippen LogP contribution in [0.15, 0.2) is 0 Å². The van der Waals surface area contributed by atoms with Crippen molar-refractivity contribution in [2.45, 2.75) is 20.8 Å². The van der Waals surface area contributed by atoms with Gasteiger partial charge in [0.25, 0.3) is 0 Å². The molecule has 2 aliphatic rings. The number of amides is 1. The maximum absolute atomic E-state index is 10.9. The Morgan fingerprint density at radius 1 is 0.514 bits per heavy atom. The van der Waals surface area contributed by atoms with Gasteiger partial charge >= 0.3 is 0 Å². The summed E-state index contributed by atoms with van der Waals surface area (Å²) >= 11 is 0. The van der Waals surface area contributed by atoms with Crippen molar-refractivity contribution in [1.29, 1.82) is 0 Å². The number of nitrogens with one attached hydrogen (secondary N) is 3. The van der Waals surface area contributed by atoms with E-state index < -0.39 is 0 Å². The molecule has 35 heavy (non-hydrogen) atoms. The van der Waals surface area contributed by atoms with Crippen molar-refractivity contribution < 1.29 is 9.59 Å². The minimum Gasteiger partial charge on any atom is -0.343 e. The highest BCUT2D eigenvalue weighted by Gasteiger charge is 2.14. The molecule has 0 bridgehead atoms. The van der Waals surface area contributed by atoms with Crippen molar-refractivity contribution in [3.05, 3.63) is 0 Å². The third-order valence-corrected chi connectivity index (χ3v) is 6.86. The third kappa shape index (κ3) is 16.3. The number of hydrogen-bond donors (Lipinski definition) is 3. The zero-order valence-corrected chi connectivity index (χ0v) is 22.8. The summed E-state index contributed by atoms with van der Waals surface area (Å²) in [5.41, 5.74) is 0. The summed E-state index contributed by atoms with van der Waals surface area (Å²) in [5, 5.41) is 9.89. The molecule has 2 saturated heterocycles. The quantitative estimate of drug-likeness (QED) is 0.387. The molecule has 0 aromatic carbocycles. The lowest BCUT2D eigenvalue weighted by molar-refractivity contribution is -0.118. The number of likely N-dealkylation sites (N-methyl/N-ethyl adjacent to an activating group) is 3. The van der Waals surface area contributed by atoms with E-state index in [9.17, 15) is 9.59 Å². The normalized spacial score (nSPS) is 22.4. The van der Waals surface area contributed by atoms with E-state index in [1.165, 1.54) is 0 Å². The average molecular weight is 499 g/mol. The van der Waals surface area contributed by atoms with Gasteiger partial charge in [-0.1, -0.05) is 20.8 Å². The first kappa shape index (κ1) is 31.9. The zero-order chi connectivity index (χ0) is 25.6. The third-order valence-electron chi connectivity index (χ3n) is 6.86. The van der Waals surface area contributed by atoms with Gasteiger partial charge in [0.1, 0.15) is 6.29 Å². The van der Waals surface area contributed by atoms with E-state index in [2.05, 4.69) is 56.3 Å². The number of carbonyl (C=O) groups is 2. The minimum absolute atomic E-state index is 0.566. The molecule has 0 radical (unpaired) electrons. The predicted octanol–water partition coefficient (Wildman–Crippen LogP) is -1.31. The molecule has 0 unspecified atom stereocenters. The number of aldehydes is 1. The van der Waals surface area contributed by atoms with Crippen molar-refractivity contribution in [2.24, 2.45) is 0 Å². The Labute approximate surface area is 214 Å². The SMILES string of the molecule is CCN1CCN(CC)CCN(CC=O)CCN(CC)CC1.O=CN1CCNCCNCCNCC1. The molecule has 206 valence electrons. The summed E-state index contributed by atoms with van der Waals surface area (Å²) in [5.74, 6) is 0. The maximum atomic E-state index is 10.9. The van der Waals surface area contributed by atoms with Gasteiger partial charge in [-0.15, -0.1) is 0 Å². The molecule has 0 atom stereocenters. The van der Waals surface area contributed by atoms with Crippen molar-refractivity contribution in [2.75, 3.05) is 131 Å². The van der Waals surface area contributed by atoms with Gasteiger partial charge in [0.05, 0.1) is 6.54 Å². The Hall–Kier alpha value is -1.14. The van der Waals surface area contributed by atoms with Crippen LogP contribution in [0.3, 0.4) is 0 Å². The number of hydrogen-bond acceptors (Lipinski definition) is 9. The van der Waals surface area contributed by atoms with Gasteiger partial charge in [-0.3, -0.25) is 9.69 Å². The monoisotopic (exact) mass is 498 g/mol. The van der Waals surface area contributed by atoms with Gasteiger partial charge in [0.2, 0.25) is 6.41 Å². The fraction of sp³-hybridized carbons (Fsp3) is 0.920. The number of rotatable bonds is 6. The molecule has 0 aromatic rings. The molecule has 2 heterocycles. The molecule has 10 heteroatoms. The van der Waals surface area contributed by atoms with E-state index in [-0.39, 0.29) is 0 Å². The van der Waals surface area contributed by atoms with E-state index in [4.69, 9.17) is 0 Å². The Morgan fingerprint density at radius 3 is 1.17 bits per heavy atom. The molecular weight excluding hydrogens is 444 g/mol. The van der Waals surface area contributed by atoms with Gasteiger partial charge in [-0.05, 0) is 19.6 Å². The van der Waals surface area contributed by atoms with Gasteiger partial charge in [0, 0.05) is 105 Å². The van der Waals surface area contributed by atoms with Crippen molar-refractivity contribution in [1.82, 2.24) is 40.4 Å². The smallest absolute Gasteiger partial charge is 0.209 e. The van der Waals surface area contributed by atoms with E-state index >= 15 is 0 Å². The van der Waals surface area contributed by atoms with Crippen LogP contribution in [-0.2, 0) is 9.59 Å². The van der Waals surface area contributed by atoms with Crippen LogP contribution in [0.2, 0.25) is 0 Å². The molecule has 3 N–H and O–H groups in total. The highest BCUT2D eigenvalue weighted by atomic mass is 16.1.